The topological polar surface area (TPSA) is 99.1 Å². The maximum absolute atomic E-state index is 12.8. The zero-order valence-electron chi connectivity index (χ0n) is 43.9. The molecule has 0 spiro atoms. The van der Waals surface area contributed by atoms with Gasteiger partial charge in [0.05, 0.1) is 34.4 Å². The lowest BCUT2D eigenvalue weighted by atomic mass is 10.1. The molecule has 0 saturated carbocycles. The first-order chi connectivity index (χ1) is 32.1. The van der Waals surface area contributed by atoms with Crippen molar-refractivity contribution in [1.82, 2.24) is 0 Å². The summed E-state index contributed by atoms with van der Waals surface area (Å²) in [6.45, 7) is 4.74. The molecule has 1 N–H and O–H groups in total. The summed E-state index contributed by atoms with van der Waals surface area (Å²) in [5, 5.41) is 9.67. The fourth-order valence-corrected chi connectivity index (χ4v) is 8.15. The Labute approximate surface area is 407 Å². The first kappa shape index (κ1) is 63.3. The van der Waals surface area contributed by atoms with Crippen LogP contribution in [0.3, 0.4) is 0 Å². The van der Waals surface area contributed by atoms with E-state index in [9.17, 15) is 19.5 Å². The fourth-order valence-electron chi connectivity index (χ4n) is 8.15. The van der Waals surface area contributed by atoms with Crippen molar-refractivity contribution < 1.29 is 38.2 Å². The van der Waals surface area contributed by atoms with Crippen molar-refractivity contribution in [2.24, 2.45) is 0 Å². The van der Waals surface area contributed by atoms with Gasteiger partial charge in [0.15, 0.2) is 12.1 Å². The Morgan fingerprint density at radius 2 is 0.803 bits per heavy atom. The Morgan fingerprint density at radius 3 is 1.17 bits per heavy atom. The van der Waals surface area contributed by atoms with E-state index in [-0.39, 0.29) is 36.2 Å². The molecule has 0 rings (SSSR count). The molecule has 0 aliphatic rings. The van der Waals surface area contributed by atoms with Gasteiger partial charge in [0.1, 0.15) is 6.61 Å². The van der Waals surface area contributed by atoms with Crippen molar-refractivity contribution >= 4 is 17.9 Å². The van der Waals surface area contributed by atoms with E-state index in [0.717, 1.165) is 51.4 Å². The predicted molar refractivity (Wildman–Crippen MR) is 280 cm³/mol. The standard InChI is InChI=1S/C58H105NO7/c1-6-8-10-12-14-16-18-20-22-24-26-28-30-32-34-36-38-40-42-44-46-48-56(60)65-53-54(52-64-51-50-55(58(62)63)59(3,4)5)66-57(61)49-47-45-43-41-39-37-35-33-31-29-27-25-23-21-19-17-15-13-11-9-7-2/h18-21,24-27,54-55H,6-17,22-23,28-53H2,1-5H3/p+1/b20-18-,21-19-,26-24-,27-25-. The molecule has 2 unspecified atom stereocenters. The van der Waals surface area contributed by atoms with Crippen LogP contribution in [-0.4, -0.2) is 80.6 Å². The number of likely N-dealkylation sites (N-methyl/N-ethyl adjacent to an activating group) is 1. The molecule has 0 heterocycles. The van der Waals surface area contributed by atoms with Gasteiger partial charge in [-0.05, 0) is 77.0 Å². The number of aliphatic carboxylic acids is 1. The second kappa shape index (κ2) is 48.7. The molecule has 8 heteroatoms. The first-order valence-electron chi connectivity index (χ1n) is 27.7. The monoisotopic (exact) mass is 929 g/mol. The number of nitrogens with zero attached hydrogens (tertiary/aromatic N) is 1. The number of rotatable bonds is 50. The predicted octanol–water partition coefficient (Wildman–Crippen LogP) is 16.3. The van der Waals surface area contributed by atoms with E-state index >= 15 is 0 Å². The van der Waals surface area contributed by atoms with Crippen LogP contribution in [0, 0.1) is 0 Å². The number of ether oxygens (including phenoxy) is 3. The number of hydrogen-bond donors (Lipinski definition) is 1. The van der Waals surface area contributed by atoms with Crippen LogP contribution in [0.25, 0.3) is 0 Å². The van der Waals surface area contributed by atoms with Gasteiger partial charge in [0, 0.05) is 19.3 Å². The number of carboxylic acid groups (broad SMARTS) is 1. The van der Waals surface area contributed by atoms with E-state index in [2.05, 4.69) is 62.5 Å². The number of allylic oxidation sites excluding steroid dienone is 8. The normalized spacial score (nSPS) is 13.2. The molecule has 0 amide bonds. The van der Waals surface area contributed by atoms with Crippen molar-refractivity contribution in [2.75, 3.05) is 41.0 Å². The first-order valence-corrected chi connectivity index (χ1v) is 27.7. The summed E-state index contributed by atoms with van der Waals surface area (Å²) in [4.78, 5) is 37.2. The van der Waals surface area contributed by atoms with Gasteiger partial charge in [-0.1, -0.05) is 204 Å². The zero-order chi connectivity index (χ0) is 48.4. The third-order valence-electron chi connectivity index (χ3n) is 12.5. The smallest absolute Gasteiger partial charge is 0.362 e. The average Bonchev–Trinajstić information content (AvgIpc) is 3.28. The molecule has 0 bridgehead atoms. The van der Waals surface area contributed by atoms with Gasteiger partial charge in [-0.15, -0.1) is 0 Å². The third-order valence-corrected chi connectivity index (χ3v) is 12.5. The van der Waals surface area contributed by atoms with Gasteiger partial charge in [-0.3, -0.25) is 9.59 Å². The number of esters is 2. The summed E-state index contributed by atoms with van der Waals surface area (Å²) in [6.07, 6.45) is 60.2. The molecule has 0 aliphatic heterocycles. The highest BCUT2D eigenvalue weighted by atomic mass is 16.6. The van der Waals surface area contributed by atoms with Gasteiger partial charge < -0.3 is 23.8 Å². The van der Waals surface area contributed by atoms with Crippen LogP contribution >= 0.6 is 0 Å². The van der Waals surface area contributed by atoms with E-state index in [1.807, 2.05) is 21.1 Å². The van der Waals surface area contributed by atoms with Crippen LogP contribution in [0.4, 0.5) is 0 Å². The molecule has 0 aromatic rings. The lowest BCUT2D eigenvalue weighted by molar-refractivity contribution is -0.887. The van der Waals surface area contributed by atoms with Gasteiger partial charge >= 0.3 is 17.9 Å². The molecule has 0 aromatic carbocycles. The molecule has 0 aromatic heterocycles. The Balaban J connectivity index is 4.21. The van der Waals surface area contributed by atoms with Gasteiger partial charge in [0.2, 0.25) is 0 Å². The highest BCUT2D eigenvalue weighted by Crippen LogP contribution is 2.16. The number of hydrogen-bond acceptors (Lipinski definition) is 6. The molecule has 0 aliphatic carbocycles. The van der Waals surface area contributed by atoms with Crippen LogP contribution in [0.5, 0.6) is 0 Å². The Kier molecular flexibility index (Phi) is 46.7. The summed E-state index contributed by atoms with van der Waals surface area (Å²) in [5.74, 6) is -1.47. The zero-order valence-corrected chi connectivity index (χ0v) is 43.9. The molecule has 384 valence electrons. The van der Waals surface area contributed by atoms with Crippen molar-refractivity contribution in [3.8, 4) is 0 Å². The Hall–Kier alpha value is -2.71. The number of carbonyl (C=O) groups is 3. The summed E-state index contributed by atoms with van der Waals surface area (Å²) in [7, 11) is 5.54. The second-order valence-electron chi connectivity index (χ2n) is 19.8. The van der Waals surface area contributed by atoms with Gasteiger partial charge in [0.25, 0.3) is 0 Å². The van der Waals surface area contributed by atoms with Crippen LogP contribution < -0.4 is 0 Å². The molecule has 66 heavy (non-hydrogen) atoms. The molecular weight excluding hydrogens is 823 g/mol. The van der Waals surface area contributed by atoms with Crippen molar-refractivity contribution in [2.45, 2.75) is 264 Å². The van der Waals surface area contributed by atoms with Crippen LogP contribution in [0.2, 0.25) is 0 Å². The molecule has 8 nitrogen and oxygen atoms in total. The van der Waals surface area contributed by atoms with E-state index in [0.29, 0.717) is 19.3 Å². The number of carbonyl (C=O) groups excluding carboxylic acids is 2. The fraction of sp³-hybridized carbons (Fsp3) is 0.810. The highest BCUT2D eigenvalue weighted by molar-refractivity contribution is 5.72. The van der Waals surface area contributed by atoms with E-state index < -0.39 is 18.1 Å². The molecule has 0 radical (unpaired) electrons. The third kappa shape index (κ3) is 46.4. The largest absolute Gasteiger partial charge is 0.477 e. The summed E-state index contributed by atoms with van der Waals surface area (Å²) in [5.41, 5.74) is 0. The summed E-state index contributed by atoms with van der Waals surface area (Å²) in [6, 6.07) is -0.617. The number of quaternary nitrogens is 1. The molecule has 0 fully saturated rings. The minimum atomic E-state index is -0.875. The lowest BCUT2D eigenvalue weighted by Crippen LogP contribution is -2.50. The molecule has 0 saturated heterocycles. The van der Waals surface area contributed by atoms with E-state index in [1.54, 1.807) is 0 Å². The second-order valence-corrected chi connectivity index (χ2v) is 19.8. The highest BCUT2D eigenvalue weighted by Gasteiger charge is 2.31. The van der Waals surface area contributed by atoms with E-state index in [1.165, 1.54) is 167 Å². The van der Waals surface area contributed by atoms with Crippen LogP contribution in [0.1, 0.15) is 251 Å². The number of carboxylic acids is 1. The lowest BCUT2D eigenvalue weighted by Gasteiger charge is -2.31. The van der Waals surface area contributed by atoms with Crippen LogP contribution in [-0.2, 0) is 28.6 Å². The van der Waals surface area contributed by atoms with Crippen molar-refractivity contribution in [3.63, 3.8) is 0 Å². The minimum absolute atomic E-state index is 0.0543. The quantitative estimate of drug-likeness (QED) is 0.0281. The van der Waals surface area contributed by atoms with Gasteiger partial charge in [-0.25, -0.2) is 4.79 Å². The average molecular weight is 929 g/mol. The molecular formula is C58H106NO7+. The maximum Gasteiger partial charge on any atom is 0.362 e. The summed E-state index contributed by atoms with van der Waals surface area (Å²) >= 11 is 0. The van der Waals surface area contributed by atoms with E-state index in [4.69, 9.17) is 14.2 Å². The molecule has 2 atom stereocenters. The Morgan fingerprint density at radius 1 is 0.455 bits per heavy atom. The van der Waals surface area contributed by atoms with Gasteiger partial charge in [-0.2, -0.15) is 0 Å². The van der Waals surface area contributed by atoms with Crippen molar-refractivity contribution in [1.29, 1.82) is 0 Å². The minimum Gasteiger partial charge on any atom is -0.477 e. The maximum atomic E-state index is 12.8. The van der Waals surface area contributed by atoms with Crippen LogP contribution in [0.15, 0.2) is 48.6 Å². The van der Waals surface area contributed by atoms with Crippen molar-refractivity contribution in [3.05, 3.63) is 48.6 Å². The number of unbranched alkanes of at least 4 members (excludes halogenated alkanes) is 28. The summed E-state index contributed by atoms with van der Waals surface area (Å²) < 4.78 is 17.4. The SMILES string of the molecule is CCCCCCC/C=C\C/C=C\CCCCCCCCCCCC(=O)OCC(COCCC(C(=O)O)[N+](C)(C)C)OC(=O)CCCCCCCCCCC/C=C\C/C=C\CCCCCCC. The Bertz CT molecular complexity index is 1220.